The second kappa shape index (κ2) is 18.4. The Labute approximate surface area is 272 Å². The lowest BCUT2D eigenvalue weighted by Gasteiger charge is -2.28. The van der Waals surface area contributed by atoms with Crippen LogP contribution in [0.4, 0.5) is 4.79 Å². The number of nitrogens with zero attached hydrogens (tertiary/aromatic N) is 1. The normalized spacial score (nSPS) is 17.9. The molecule has 3 atom stereocenters. The van der Waals surface area contributed by atoms with E-state index < -0.39 is 48.5 Å². The molecule has 1 aromatic carbocycles. The highest BCUT2D eigenvalue weighted by Crippen LogP contribution is 2.28. The fraction of sp³-hybridized carbons (Fsp3) is 0.531. The molecule has 0 unspecified atom stereocenters. The van der Waals surface area contributed by atoms with Gasteiger partial charge < -0.3 is 42.3 Å². The van der Waals surface area contributed by atoms with Gasteiger partial charge in [0.2, 0.25) is 11.8 Å². The van der Waals surface area contributed by atoms with Gasteiger partial charge in [-0.25, -0.2) is 14.4 Å². The molecule has 0 radical (unpaired) electrons. The Hall–Kier alpha value is -4.79. The number of benzene rings is 1. The number of nitrogens with two attached hydrogens (primary N) is 1. The molecular formula is C32H44N6O9. The molecule has 1 aliphatic rings. The number of carboxylic acid groups (broad SMARTS) is 3. The van der Waals surface area contributed by atoms with Crippen LogP contribution in [0.3, 0.4) is 0 Å². The van der Waals surface area contributed by atoms with Crippen molar-refractivity contribution in [3.8, 4) is 0 Å². The quantitative estimate of drug-likeness (QED) is 0.106. The third-order valence-corrected chi connectivity index (χ3v) is 8.40. The maximum atomic E-state index is 13.3. The molecule has 15 heteroatoms. The first-order valence-corrected chi connectivity index (χ1v) is 15.8. The Balaban J connectivity index is 1.54. The van der Waals surface area contributed by atoms with E-state index in [9.17, 15) is 39.0 Å². The first-order chi connectivity index (χ1) is 22.5. The molecule has 1 aliphatic carbocycles. The van der Waals surface area contributed by atoms with Gasteiger partial charge in [-0.05, 0) is 80.8 Å². The first-order valence-electron chi connectivity index (χ1n) is 15.8. The van der Waals surface area contributed by atoms with Crippen molar-refractivity contribution in [3.63, 3.8) is 0 Å². The molecule has 0 aliphatic heterocycles. The van der Waals surface area contributed by atoms with Crippen molar-refractivity contribution in [1.29, 1.82) is 0 Å². The molecule has 47 heavy (non-hydrogen) atoms. The van der Waals surface area contributed by atoms with Crippen LogP contribution >= 0.6 is 0 Å². The summed E-state index contributed by atoms with van der Waals surface area (Å²) in [5.74, 6) is -4.37. The van der Waals surface area contributed by atoms with E-state index in [-0.39, 0.29) is 43.5 Å². The van der Waals surface area contributed by atoms with E-state index in [0.717, 1.165) is 29.2 Å². The third kappa shape index (κ3) is 12.2. The average molecular weight is 657 g/mol. The molecule has 0 spiro atoms. The van der Waals surface area contributed by atoms with Gasteiger partial charge in [-0.3, -0.25) is 19.4 Å². The highest BCUT2D eigenvalue weighted by atomic mass is 16.4. The van der Waals surface area contributed by atoms with Crippen molar-refractivity contribution < 1.29 is 44.1 Å². The van der Waals surface area contributed by atoms with Gasteiger partial charge in [-0.1, -0.05) is 18.2 Å². The van der Waals surface area contributed by atoms with Gasteiger partial charge in [-0.15, -0.1) is 0 Å². The number of aromatic nitrogens is 1. The Morgan fingerprint density at radius 3 is 2.15 bits per heavy atom. The summed E-state index contributed by atoms with van der Waals surface area (Å²) in [4.78, 5) is 76.6. The summed E-state index contributed by atoms with van der Waals surface area (Å²) in [7, 11) is 0. The number of unbranched alkanes of at least 4 members (excludes halogenated alkanes) is 1. The van der Waals surface area contributed by atoms with Crippen LogP contribution in [0, 0.1) is 11.8 Å². The van der Waals surface area contributed by atoms with Crippen LogP contribution in [-0.4, -0.2) is 87.3 Å². The fourth-order valence-corrected chi connectivity index (χ4v) is 5.60. The minimum Gasteiger partial charge on any atom is -0.481 e. The molecule has 1 fully saturated rings. The summed E-state index contributed by atoms with van der Waals surface area (Å²) < 4.78 is 0. The number of rotatable bonds is 18. The van der Waals surface area contributed by atoms with E-state index in [1.165, 1.54) is 0 Å². The zero-order valence-electron chi connectivity index (χ0n) is 26.2. The van der Waals surface area contributed by atoms with E-state index in [4.69, 9.17) is 10.8 Å². The minimum atomic E-state index is -1.50. The van der Waals surface area contributed by atoms with E-state index in [0.29, 0.717) is 38.1 Å². The van der Waals surface area contributed by atoms with Gasteiger partial charge >= 0.3 is 23.9 Å². The maximum Gasteiger partial charge on any atom is 0.326 e. The second-order valence-electron chi connectivity index (χ2n) is 11.9. The Morgan fingerprint density at radius 2 is 1.51 bits per heavy atom. The SMILES string of the molecule is NCC1CCC(C(=O)N[C@H](Cc2ccc3cnccc3c2)C(=O)NCCCC[C@H](NC(=O)N[C@@H](CCC(=O)O)C(=O)O)C(=O)O)CC1. The number of carbonyl (C=O) groups excluding carboxylic acids is 3. The van der Waals surface area contributed by atoms with E-state index in [1.54, 1.807) is 12.4 Å². The summed E-state index contributed by atoms with van der Waals surface area (Å²) in [6.07, 6.45) is 6.61. The zero-order valence-corrected chi connectivity index (χ0v) is 26.2. The summed E-state index contributed by atoms with van der Waals surface area (Å²) >= 11 is 0. The highest BCUT2D eigenvalue weighted by molar-refractivity contribution is 5.89. The van der Waals surface area contributed by atoms with Gasteiger partial charge in [0, 0.05) is 43.1 Å². The zero-order chi connectivity index (χ0) is 34.3. The van der Waals surface area contributed by atoms with Gasteiger partial charge in [0.1, 0.15) is 18.1 Å². The molecule has 2 aromatic rings. The smallest absolute Gasteiger partial charge is 0.326 e. The summed E-state index contributed by atoms with van der Waals surface area (Å²) in [5.41, 5.74) is 6.65. The molecule has 1 heterocycles. The second-order valence-corrected chi connectivity index (χ2v) is 11.9. The molecule has 0 saturated heterocycles. The largest absolute Gasteiger partial charge is 0.481 e. The molecule has 15 nitrogen and oxygen atoms in total. The van der Waals surface area contributed by atoms with Crippen LogP contribution in [0.2, 0.25) is 0 Å². The van der Waals surface area contributed by atoms with Crippen molar-refractivity contribution in [3.05, 3.63) is 42.2 Å². The van der Waals surface area contributed by atoms with Gasteiger partial charge in [0.05, 0.1) is 0 Å². The van der Waals surface area contributed by atoms with Gasteiger partial charge in [0.15, 0.2) is 0 Å². The minimum absolute atomic E-state index is 0.0108. The van der Waals surface area contributed by atoms with E-state index in [1.807, 2.05) is 24.3 Å². The number of carbonyl (C=O) groups is 6. The Kier molecular flexibility index (Phi) is 14.3. The molecule has 256 valence electrons. The lowest BCUT2D eigenvalue weighted by molar-refractivity contribution is -0.141. The number of carboxylic acids is 3. The predicted octanol–water partition coefficient (Wildman–Crippen LogP) is 1.38. The first kappa shape index (κ1) is 36.7. The van der Waals surface area contributed by atoms with Crippen molar-refractivity contribution in [2.24, 2.45) is 17.6 Å². The monoisotopic (exact) mass is 656 g/mol. The molecule has 1 aromatic heterocycles. The number of urea groups is 1. The van der Waals surface area contributed by atoms with E-state index in [2.05, 4.69) is 26.3 Å². The lowest BCUT2D eigenvalue weighted by atomic mass is 9.81. The lowest BCUT2D eigenvalue weighted by Crippen LogP contribution is -2.51. The molecule has 4 amide bonds. The average Bonchev–Trinajstić information content (AvgIpc) is 3.05. The number of fused-ring (bicyclic) bond motifs is 1. The Morgan fingerprint density at radius 1 is 0.830 bits per heavy atom. The van der Waals surface area contributed by atoms with Crippen molar-refractivity contribution in [2.75, 3.05) is 13.1 Å². The number of pyridine rings is 1. The van der Waals surface area contributed by atoms with E-state index >= 15 is 0 Å². The molecule has 1 saturated carbocycles. The maximum absolute atomic E-state index is 13.3. The molecule has 9 N–H and O–H groups in total. The van der Waals surface area contributed by atoms with Crippen LogP contribution in [0.1, 0.15) is 63.4 Å². The Bertz CT molecular complexity index is 1410. The molecular weight excluding hydrogens is 612 g/mol. The van der Waals surface area contributed by atoms with Crippen LogP contribution in [0.25, 0.3) is 10.8 Å². The van der Waals surface area contributed by atoms with Crippen LogP contribution in [0.15, 0.2) is 36.7 Å². The van der Waals surface area contributed by atoms with Crippen LogP contribution < -0.4 is 27.0 Å². The van der Waals surface area contributed by atoms with Crippen molar-refractivity contribution in [1.82, 2.24) is 26.3 Å². The number of hydrogen-bond acceptors (Lipinski definition) is 8. The van der Waals surface area contributed by atoms with Crippen molar-refractivity contribution in [2.45, 2.75) is 82.3 Å². The fourth-order valence-electron chi connectivity index (χ4n) is 5.60. The summed E-state index contributed by atoms with van der Waals surface area (Å²) in [6.45, 7) is 0.776. The predicted molar refractivity (Wildman–Crippen MR) is 170 cm³/mol. The number of hydrogen-bond donors (Lipinski definition) is 8. The van der Waals surface area contributed by atoms with Gasteiger partial charge in [0.25, 0.3) is 0 Å². The standard InChI is InChI=1S/C32H44N6O9/c33-17-19-4-7-21(8-5-19)28(41)36-26(16-20-6-9-23-18-34-14-12-22(23)15-20)29(42)35-13-2-1-3-24(30(43)44)37-32(47)38-25(31(45)46)10-11-27(39)40/h6,9,12,14-15,18-19,21,24-26H,1-5,7-8,10-11,13,16-17,33H2,(H,35,42)(H,36,41)(H,39,40)(H,43,44)(H,45,46)(H2,37,38,47)/t19?,21?,24-,25-,26+/m0/s1. The molecule has 0 bridgehead atoms. The van der Waals surface area contributed by atoms with Crippen LogP contribution in [0.5, 0.6) is 0 Å². The van der Waals surface area contributed by atoms with Crippen molar-refractivity contribution >= 4 is 46.5 Å². The van der Waals surface area contributed by atoms with Gasteiger partial charge in [-0.2, -0.15) is 0 Å². The highest BCUT2D eigenvalue weighted by Gasteiger charge is 2.29. The number of amides is 4. The topological polar surface area (TPSA) is 250 Å². The third-order valence-electron chi connectivity index (χ3n) is 8.40. The summed E-state index contributed by atoms with van der Waals surface area (Å²) in [5, 5.41) is 39.5. The van der Waals surface area contributed by atoms with Crippen LogP contribution in [-0.2, 0) is 30.4 Å². The molecule has 3 rings (SSSR count). The number of aliphatic carboxylic acids is 3. The number of nitrogens with one attached hydrogen (secondary N) is 4. The summed E-state index contributed by atoms with van der Waals surface area (Å²) in [6, 6.07) is 2.89.